The average Bonchev–Trinajstić information content (AvgIpc) is 4.11. The summed E-state index contributed by atoms with van der Waals surface area (Å²) in [5.41, 5.74) is 2.57. The Morgan fingerprint density at radius 3 is 2.25 bits per heavy atom. The van der Waals surface area contributed by atoms with Crippen LogP contribution in [0, 0.1) is 12.8 Å². The molecule has 23 nitrogen and oxygen atoms in total. The number of carbonyl (C=O) groups excluding carboxylic acids is 6. The summed E-state index contributed by atoms with van der Waals surface area (Å²) in [6.45, 7) is 11.6. The summed E-state index contributed by atoms with van der Waals surface area (Å²) >= 11 is 6.54. The highest BCUT2D eigenvalue weighted by atomic mass is 35.5. The van der Waals surface area contributed by atoms with Crippen LogP contribution in [0.2, 0.25) is 0 Å². The van der Waals surface area contributed by atoms with Crippen LogP contribution in [0.15, 0.2) is 46.9 Å². The molecule has 5 N–H and O–H groups in total. The van der Waals surface area contributed by atoms with E-state index in [0.29, 0.717) is 56.2 Å². The fraction of sp³-hybridized carbons (Fsp3) is 0.481. The van der Waals surface area contributed by atoms with E-state index in [1.165, 1.54) is 50.0 Å². The van der Waals surface area contributed by atoms with E-state index in [-0.39, 0.29) is 93.2 Å². The third-order valence-corrected chi connectivity index (χ3v) is 12.5. The number of likely N-dealkylation sites (N-methyl/N-ethyl adjacent to an activating group) is 1. The first-order valence-electron chi connectivity index (χ1n) is 24.5. The van der Waals surface area contributed by atoms with E-state index in [1.807, 2.05) is 0 Å². The minimum Gasteiger partial charge on any atom is -0.493 e. The lowest BCUT2D eigenvalue weighted by atomic mass is 10.0. The van der Waals surface area contributed by atoms with Gasteiger partial charge in [0.1, 0.15) is 35.5 Å². The number of oxazole rings is 1. The number of alkyl halides is 1. The molecule has 1 aliphatic rings. The fourth-order valence-corrected chi connectivity index (χ4v) is 8.54. The van der Waals surface area contributed by atoms with Gasteiger partial charge in [0.15, 0.2) is 28.7 Å². The van der Waals surface area contributed by atoms with Gasteiger partial charge < -0.3 is 78.3 Å². The van der Waals surface area contributed by atoms with Gasteiger partial charge >= 0.3 is 18.3 Å². The number of methoxy groups -OCH3 is 3. The Morgan fingerprint density at radius 1 is 0.908 bits per heavy atom. The third kappa shape index (κ3) is 13.9. The summed E-state index contributed by atoms with van der Waals surface area (Å²) in [6.07, 6.45) is -2.29. The second-order valence-corrected chi connectivity index (χ2v) is 19.5. The van der Waals surface area contributed by atoms with E-state index in [1.54, 1.807) is 84.0 Å². The van der Waals surface area contributed by atoms with Gasteiger partial charge in [-0.2, -0.15) is 0 Å². The van der Waals surface area contributed by atoms with Crippen LogP contribution >= 0.6 is 11.6 Å². The van der Waals surface area contributed by atoms with Crippen molar-refractivity contribution in [1.29, 1.82) is 0 Å². The zero-order valence-corrected chi connectivity index (χ0v) is 45.3. The Kier molecular flexibility index (Phi) is 19.3. The maximum absolute atomic E-state index is 14.5. The number of amides is 6. The molecule has 5 aromatic rings. The first kappa shape index (κ1) is 57.8. The highest BCUT2D eigenvalue weighted by Crippen LogP contribution is 2.47. The number of halogens is 1. The van der Waals surface area contributed by atoms with Crippen molar-refractivity contribution in [2.75, 3.05) is 90.5 Å². The number of rotatable bonds is 22. The predicted octanol–water partition coefficient (Wildman–Crippen LogP) is 6.70. The van der Waals surface area contributed by atoms with E-state index in [2.05, 4.69) is 25.9 Å². The summed E-state index contributed by atoms with van der Waals surface area (Å²) in [4.78, 5) is 92.2. The van der Waals surface area contributed by atoms with Gasteiger partial charge in [0.2, 0.25) is 17.6 Å². The van der Waals surface area contributed by atoms with E-state index < -0.39 is 53.7 Å². The number of alkyl carbamates (subject to hydrolysis) is 1. The Labute approximate surface area is 444 Å². The maximum Gasteiger partial charge on any atom is 0.415 e. The minimum atomic E-state index is -0.961. The van der Waals surface area contributed by atoms with Crippen LogP contribution in [0.3, 0.4) is 0 Å². The number of aryl methyl sites for hydroxylation is 1. The highest BCUT2D eigenvalue weighted by Gasteiger charge is 2.38. The number of hydrogen-bond acceptors (Lipinski definition) is 16. The third-order valence-electron chi connectivity index (χ3n) is 12.1. The van der Waals surface area contributed by atoms with Gasteiger partial charge in [0.25, 0.3) is 5.91 Å². The van der Waals surface area contributed by atoms with Crippen molar-refractivity contribution in [3.8, 4) is 23.0 Å². The Bertz CT molecular complexity index is 2900. The van der Waals surface area contributed by atoms with Crippen molar-refractivity contribution in [2.45, 2.75) is 78.7 Å². The van der Waals surface area contributed by atoms with Crippen molar-refractivity contribution in [2.24, 2.45) is 5.92 Å². The number of anilines is 2. The number of aliphatic hydroxyl groups excluding tert-OH is 1. The number of aliphatic hydroxyl groups is 1. The maximum atomic E-state index is 14.5. The van der Waals surface area contributed by atoms with Gasteiger partial charge in [0, 0.05) is 74.7 Å². The summed E-state index contributed by atoms with van der Waals surface area (Å²) in [6, 6.07) is 9.57. The van der Waals surface area contributed by atoms with Crippen molar-refractivity contribution < 1.29 is 71.4 Å². The molecule has 1 aliphatic heterocycles. The summed E-state index contributed by atoms with van der Waals surface area (Å²) in [7, 11) is 5.96. The number of carbonyl (C=O) groups is 6. The molecule has 3 heterocycles. The number of nitrogens with zero attached hydrogens (tertiary/aromatic N) is 4. The fourth-order valence-electron chi connectivity index (χ4n) is 8.28. The van der Waals surface area contributed by atoms with Crippen LogP contribution in [0.1, 0.15) is 75.0 Å². The summed E-state index contributed by atoms with van der Waals surface area (Å²) in [5, 5.41) is 17.9. The van der Waals surface area contributed by atoms with E-state index >= 15 is 0 Å². The molecule has 0 spiro atoms. The number of fused-ring (bicyclic) bond motifs is 4. The van der Waals surface area contributed by atoms with E-state index in [9.17, 15) is 33.9 Å². The molecule has 0 bridgehead atoms. The second kappa shape index (κ2) is 25.4. The van der Waals surface area contributed by atoms with Crippen molar-refractivity contribution in [3.05, 3.63) is 65.2 Å². The molecule has 0 fully saturated rings. The van der Waals surface area contributed by atoms with Crippen LogP contribution in [0.5, 0.6) is 23.0 Å². The monoisotopic (exact) mass is 1080 g/mol. The second-order valence-electron chi connectivity index (χ2n) is 19.2. The Hall–Kier alpha value is -7.50. The first-order chi connectivity index (χ1) is 36.1. The van der Waals surface area contributed by atoms with Gasteiger partial charge in [-0.05, 0) is 63.4 Å². The molecule has 2 aromatic heterocycles. The molecular weight excluding hydrogens is 1010 g/mol. The molecule has 0 radical (unpaired) electrons. The van der Waals surface area contributed by atoms with Crippen LogP contribution in [0.4, 0.5) is 25.8 Å². The normalized spacial score (nSPS) is 13.9. The van der Waals surface area contributed by atoms with Gasteiger partial charge in [-0.15, -0.1) is 11.6 Å². The van der Waals surface area contributed by atoms with Gasteiger partial charge in [-0.3, -0.25) is 14.4 Å². The number of H-pyrrole nitrogens is 1. The Morgan fingerprint density at radius 2 is 1.62 bits per heavy atom. The molecule has 0 saturated heterocycles. The topological polar surface area (TPSA) is 275 Å². The SMILES string of the molecule is COc1cc2cc(C(=O)N3CC(CCl)c4c3cc(OC(=O)N(CCOCCO)CCN(C)C(=O)OCc3ccc(NC(=O)[C@H](C)NC(=O)[C@@H](NC(=O)OC(C)(C)C)C(C)C)cc3)c3oc(C)nc43)[nH]c2c(OC)c1OC. The van der Waals surface area contributed by atoms with Crippen LogP contribution in [0.25, 0.3) is 22.0 Å². The number of aromatic amines is 1. The lowest BCUT2D eigenvalue weighted by Crippen LogP contribution is -2.54. The molecule has 24 heteroatoms. The van der Waals surface area contributed by atoms with Crippen LogP contribution < -0.4 is 39.8 Å². The predicted molar refractivity (Wildman–Crippen MR) is 281 cm³/mol. The quantitative estimate of drug-likeness (QED) is 0.0356. The number of benzene rings is 3. The first-order valence-corrected chi connectivity index (χ1v) is 25.0. The smallest absolute Gasteiger partial charge is 0.415 e. The summed E-state index contributed by atoms with van der Waals surface area (Å²) in [5.74, 6) is -0.641. The molecule has 6 amide bonds. The highest BCUT2D eigenvalue weighted by molar-refractivity contribution is 6.19. The molecule has 0 saturated carbocycles. The van der Waals surface area contributed by atoms with Crippen LogP contribution in [-0.4, -0.2) is 159 Å². The minimum absolute atomic E-state index is 0.00138. The molecule has 0 aliphatic carbocycles. The van der Waals surface area contributed by atoms with Gasteiger partial charge in [-0.1, -0.05) is 26.0 Å². The number of ether oxygens (including phenoxy) is 7. The molecule has 6 rings (SSSR count). The summed E-state index contributed by atoms with van der Waals surface area (Å²) < 4.78 is 45.1. The molecule has 3 aromatic carbocycles. The number of aromatic nitrogens is 2. The Balaban J connectivity index is 1.10. The lowest BCUT2D eigenvalue weighted by molar-refractivity contribution is -0.128. The number of nitrogens with one attached hydrogen (secondary N) is 4. The van der Waals surface area contributed by atoms with Crippen molar-refractivity contribution in [1.82, 2.24) is 30.4 Å². The zero-order valence-electron chi connectivity index (χ0n) is 44.5. The van der Waals surface area contributed by atoms with Gasteiger partial charge in [0.05, 0.1) is 52.4 Å². The van der Waals surface area contributed by atoms with E-state index in [0.717, 1.165) is 0 Å². The zero-order chi connectivity index (χ0) is 55.6. The van der Waals surface area contributed by atoms with E-state index in [4.69, 9.17) is 49.2 Å². The average molecular weight is 1080 g/mol. The standard InChI is InChI=1S/C52H67ClN8O15/c1-28(2)40(58-49(66)76-52(5,6)7)47(64)54-29(3)46(63)56-34-14-12-31(13-15-34)27-73-50(67)59(8)16-17-60(18-20-72-21-19-62)51(68)75-38-24-36-39(42-43(38)74-30(4)55-42)33(25-53)26-61(36)48(65)35-22-32-23-37(69-9)44(70-10)45(71-11)41(32)57-35/h12-15,22-24,28-29,33,40,57,62H,16-21,25-27H2,1-11H3,(H,54,64)(H,56,63)(H,58,66)/t29-,33?,40-/m0/s1. The molecule has 76 heavy (non-hydrogen) atoms. The molecule has 412 valence electrons. The number of hydrogen-bond donors (Lipinski definition) is 5. The largest absolute Gasteiger partial charge is 0.493 e. The van der Waals surface area contributed by atoms with Gasteiger partial charge in [-0.25, -0.2) is 19.4 Å². The molecule has 1 unspecified atom stereocenters. The molecular formula is C52H67ClN8O15. The lowest BCUT2D eigenvalue weighted by Gasteiger charge is -2.26. The molecule has 3 atom stereocenters. The van der Waals surface area contributed by atoms with Crippen LogP contribution in [-0.2, 0) is 30.4 Å². The van der Waals surface area contributed by atoms with Crippen molar-refractivity contribution in [3.63, 3.8) is 0 Å². The van der Waals surface area contributed by atoms with Crippen molar-refractivity contribution >= 4 is 81.0 Å².